The Bertz CT molecular complexity index is 1250. The molecule has 2 heterocycles. The lowest BCUT2D eigenvalue weighted by Gasteiger charge is -2.43. The number of rotatable bonds is 8. The summed E-state index contributed by atoms with van der Waals surface area (Å²) in [6.45, 7) is 6.18. The smallest absolute Gasteiger partial charge is 0.491 e. The largest absolute Gasteiger partial charge is 0.493 e. The topological polar surface area (TPSA) is 59.1 Å². The fourth-order valence-corrected chi connectivity index (χ4v) is 5.59. The quantitative estimate of drug-likeness (QED) is 0.266. The summed E-state index contributed by atoms with van der Waals surface area (Å²) in [4.78, 5) is 28.4. The van der Waals surface area contributed by atoms with E-state index in [-0.39, 0.29) is 12.1 Å². The van der Waals surface area contributed by atoms with E-state index in [0.29, 0.717) is 51.4 Å². The Labute approximate surface area is 240 Å². The van der Waals surface area contributed by atoms with Crippen LogP contribution >= 0.6 is 0 Å². The van der Waals surface area contributed by atoms with Gasteiger partial charge in [0, 0.05) is 24.1 Å². The highest BCUT2D eigenvalue weighted by Gasteiger charge is 2.55. The number of ether oxygens (including phenoxy) is 2. The molecule has 1 atom stereocenters. The molecule has 0 aliphatic carbocycles. The van der Waals surface area contributed by atoms with Crippen LogP contribution in [0.2, 0.25) is 0 Å². The lowest BCUT2D eigenvalue weighted by Crippen LogP contribution is -2.51. The summed E-state index contributed by atoms with van der Waals surface area (Å²) < 4.78 is 90.1. The fourth-order valence-electron chi connectivity index (χ4n) is 5.59. The number of para-hydroxylation sites is 1. The SMILES string of the molecule is CC(C)COc1ccccc1CN1CCC2(CC1)CCN(C(=O)Cc1cccc(C(F)(F)F)c1)C2OC(=O)C(F)(F)F. The zero-order chi connectivity index (χ0) is 30.7. The van der Waals surface area contributed by atoms with Crippen LogP contribution in [0.3, 0.4) is 0 Å². The molecule has 0 N–H and O–H groups in total. The molecule has 2 aromatic rings. The maximum Gasteiger partial charge on any atom is 0.491 e. The summed E-state index contributed by atoms with van der Waals surface area (Å²) >= 11 is 0. The average molecular weight is 601 g/mol. The van der Waals surface area contributed by atoms with Crippen LogP contribution < -0.4 is 4.74 Å². The van der Waals surface area contributed by atoms with Gasteiger partial charge in [-0.25, -0.2) is 4.79 Å². The molecule has 2 aliphatic heterocycles. The number of halogens is 6. The van der Waals surface area contributed by atoms with E-state index in [1.54, 1.807) is 0 Å². The predicted octanol–water partition coefficient (Wildman–Crippen LogP) is 6.23. The number of alkyl halides is 6. The van der Waals surface area contributed by atoms with E-state index < -0.39 is 47.9 Å². The molecule has 1 amide bonds. The minimum atomic E-state index is -5.26. The summed E-state index contributed by atoms with van der Waals surface area (Å²) in [5.41, 5.74) is -0.813. The molecule has 0 saturated carbocycles. The molecule has 230 valence electrons. The van der Waals surface area contributed by atoms with Gasteiger partial charge in [-0.2, -0.15) is 26.3 Å². The van der Waals surface area contributed by atoms with E-state index in [2.05, 4.69) is 4.90 Å². The van der Waals surface area contributed by atoms with Crippen molar-refractivity contribution in [2.45, 2.75) is 64.7 Å². The number of amides is 1. The summed E-state index contributed by atoms with van der Waals surface area (Å²) in [5, 5.41) is 0. The van der Waals surface area contributed by atoms with Crippen LogP contribution in [0.5, 0.6) is 5.75 Å². The molecule has 0 aromatic heterocycles. The number of likely N-dealkylation sites (tertiary alicyclic amines) is 2. The van der Waals surface area contributed by atoms with E-state index in [1.165, 1.54) is 12.1 Å². The number of nitrogens with zero attached hydrogens (tertiary/aromatic N) is 2. The van der Waals surface area contributed by atoms with Crippen LogP contribution in [0.15, 0.2) is 48.5 Å². The number of carbonyl (C=O) groups excluding carboxylic acids is 2. The standard InChI is InChI=1S/C30H34F6N2O4/c1-20(2)19-41-24-9-4-3-7-22(24)18-37-13-10-28(11-14-37)12-15-38(26(28)42-27(40)30(34,35)36)25(39)17-21-6-5-8-23(16-21)29(31,32)33/h3-9,16,20,26H,10-15,17-19H2,1-2H3. The molecule has 2 fully saturated rings. The van der Waals surface area contributed by atoms with Crippen molar-refractivity contribution in [3.05, 3.63) is 65.2 Å². The van der Waals surface area contributed by atoms with Crippen molar-refractivity contribution in [3.63, 3.8) is 0 Å². The lowest BCUT2D eigenvalue weighted by molar-refractivity contribution is -0.219. The number of hydrogen-bond donors (Lipinski definition) is 0. The van der Waals surface area contributed by atoms with Crippen LogP contribution in [0, 0.1) is 11.3 Å². The first kappa shape index (κ1) is 31.7. The number of piperidine rings is 1. The number of hydrogen-bond acceptors (Lipinski definition) is 5. The third kappa shape index (κ3) is 7.56. The van der Waals surface area contributed by atoms with E-state index in [1.807, 2.05) is 38.1 Å². The van der Waals surface area contributed by atoms with Gasteiger partial charge in [-0.1, -0.05) is 50.2 Å². The molecular formula is C30H34F6N2O4. The van der Waals surface area contributed by atoms with Crippen LogP contribution in [-0.4, -0.2) is 60.3 Å². The maximum atomic E-state index is 13.2. The second-order valence-corrected chi connectivity index (χ2v) is 11.4. The molecule has 1 unspecified atom stereocenters. The van der Waals surface area contributed by atoms with Crippen LogP contribution in [-0.2, 0) is 33.5 Å². The Kier molecular flexibility index (Phi) is 9.44. The lowest BCUT2D eigenvalue weighted by atomic mass is 9.76. The van der Waals surface area contributed by atoms with E-state index in [0.717, 1.165) is 28.3 Å². The summed E-state index contributed by atoms with van der Waals surface area (Å²) in [5.74, 6) is -2.00. The predicted molar refractivity (Wildman–Crippen MR) is 141 cm³/mol. The van der Waals surface area contributed by atoms with Crippen molar-refractivity contribution in [2.24, 2.45) is 11.3 Å². The van der Waals surface area contributed by atoms with Gasteiger partial charge in [0.1, 0.15) is 5.75 Å². The van der Waals surface area contributed by atoms with Crippen molar-refractivity contribution < 1.29 is 45.4 Å². The van der Waals surface area contributed by atoms with Crippen molar-refractivity contribution in [2.75, 3.05) is 26.2 Å². The van der Waals surface area contributed by atoms with Gasteiger partial charge in [0.25, 0.3) is 0 Å². The summed E-state index contributed by atoms with van der Waals surface area (Å²) in [7, 11) is 0. The maximum absolute atomic E-state index is 13.2. The average Bonchev–Trinajstić information content (AvgIpc) is 3.26. The molecule has 2 aromatic carbocycles. The Morgan fingerprint density at radius 2 is 1.62 bits per heavy atom. The fraction of sp³-hybridized carbons (Fsp3) is 0.533. The van der Waals surface area contributed by atoms with Crippen molar-refractivity contribution >= 4 is 11.9 Å². The van der Waals surface area contributed by atoms with Gasteiger partial charge in [0.05, 0.1) is 18.6 Å². The Morgan fingerprint density at radius 1 is 0.952 bits per heavy atom. The van der Waals surface area contributed by atoms with Gasteiger partial charge in [-0.05, 0) is 56.0 Å². The molecule has 6 nitrogen and oxygen atoms in total. The first-order valence-electron chi connectivity index (χ1n) is 13.8. The van der Waals surface area contributed by atoms with Crippen LogP contribution in [0.25, 0.3) is 0 Å². The third-order valence-electron chi connectivity index (χ3n) is 7.83. The molecule has 42 heavy (non-hydrogen) atoms. The minimum Gasteiger partial charge on any atom is -0.493 e. The molecule has 12 heteroatoms. The minimum absolute atomic E-state index is 0.0273. The molecule has 4 rings (SSSR count). The zero-order valence-corrected chi connectivity index (χ0v) is 23.4. The zero-order valence-electron chi connectivity index (χ0n) is 23.4. The Hall–Kier alpha value is -3.28. The summed E-state index contributed by atoms with van der Waals surface area (Å²) in [6.07, 6.45) is -10.8. The molecule has 0 radical (unpaired) electrons. The number of benzene rings is 2. The first-order valence-corrected chi connectivity index (χ1v) is 13.8. The van der Waals surface area contributed by atoms with Gasteiger partial charge in [-0.15, -0.1) is 0 Å². The second-order valence-electron chi connectivity index (χ2n) is 11.4. The van der Waals surface area contributed by atoms with E-state index >= 15 is 0 Å². The monoisotopic (exact) mass is 600 g/mol. The number of carbonyl (C=O) groups is 2. The summed E-state index contributed by atoms with van der Waals surface area (Å²) in [6, 6.07) is 11.8. The highest BCUT2D eigenvalue weighted by atomic mass is 19.4. The molecule has 0 bridgehead atoms. The highest BCUT2D eigenvalue weighted by molar-refractivity contribution is 5.80. The van der Waals surface area contributed by atoms with Gasteiger partial charge in [0.15, 0.2) is 6.23 Å². The van der Waals surface area contributed by atoms with E-state index in [4.69, 9.17) is 9.47 Å². The molecule has 2 saturated heterocycles. The number of esters is 1. The van der Waals surface area contributed by atoms with Gasteiger partial charge in [-0.3, -0.25) is 9.69 Å². The Morgan fingerprint density at radius 3 is 2.26 bits per heavy atom. The van der Waals surface area contributed by atoms with Crippen molar-refractivity contribution in [1.29, 1.82) is 0 Å². The van der Waals surface area contributed by atoms with Gasteiger partial charge in [0.2, 0.25) is 5.91 Å². The molecular weight excluding hydrogens is 566 g/mol. The molecule has 2 aliphatic rings. The van der Waals surface area contributed by atoms with Gasteiger partial charge < -0.3 is 14.4 Å². The highest BCUT2D eigenvalue weighted by Crippen LogP contribution is 2.47. The van der Waals surface area contributed by atoms with Crippen LogP contribution in [0.1, 0.15) is 49.8 Å². The van der Waals surface area contributed by atoms with Crippen molar-refractivity contribution in [1.82, 2.24) is 9.80 Å². The normalized spacial score (nSPS) is 19.4. The van der Waals surface area contributed by atoms with Gasteiger partial charge >= 0.3 is 18.3 Å². The van der Waals surface area contributed by atoms with Crippen molar-refractivity contribution in [3.8, 4) is 5.75 Å². The van der Waals surface area contributed by atoms with E-state index in [9.17, 15) is 35.9 Å². The van der Waals surface area contributed by atoms with Crippen LogP contribution in [0.4, 0.5) is 26.3 Å². The second kappa shape index (κ2) is 12.5. The first-order chi connectivity index (χ1) is 19.7. The molecule has 1 spiro atoms. The third-order valence-corrected chi connectivity index (χ3v) is 7.83. The Balaban J connectivity index is 1.49.